The first-order valence-corrected chi connectivity index (χ1v) is 6.60. The summed E-state index contributed by atoms with van der Waals surface area (Å²) >= 11 is 0. The summed E-state index contributed by atoms with van der Waals surface area (Å²) in [4.78, 5) is 4.11. The number of ether oxygens (including phenoxy) is 1. The number of halogens is 1. The molecular weight excluding hydrogens is 231 g/mol. The normalized spacial score (nSPS) is 12.9. The maximum Gasteiger partial charge on any atom is 0.141 e. The molecule has 1 unspecified atom stereocenters. The second-order valence-electron chi connectivity index (χ2n) is 4.59. The molecule has 1 aromatic rings. The van der Waals surface area contributed by atoms with E-state index in [4.69, 9.17) is 4.74 Å². The highest BCUT2D eigenvalue weighted by atomic mass is 19.1. The maximum absolute atomic E-state index is 12.8. The molecule has 0 fully saturated rings. The molecule has 1 N–H and O–H groups in total. The first kappa shape index (κ1) is 15.1. The molecule has 3 nitrogen and oxygen atoms in total. The summed E-state index contributed by atoms with van der Waals surface area (Å²) in [5, 5.41) is 3.41. The number of pyridine rings is 1. The Kier molecular flexibility index (Phi) is 6.83. The molecule has 0 bridgehead atoms. The highest BCUT2D eigenvalue weighted by molar-refractivity contribution is 5.09. The van der Waals surface area contributed by atoms with Crippen LogP contribution in [0.25, 0.3) is 0 Å². The Morgan fingerprint density at radius 2 is 2.17 bits per heavy atom. The van der Waals surface area contributed by atoms with Crippen LogP contribution < -0.4 is 5.32 Å². The lowest BCUT2D eigenvalue weighted by Crippen LogP contribution is -2.24. The van der Waals surface area contributed by atoms with Gasteiger partial charge in [0.2, 0.25) is 0 Å². The minimum absolute atomic E-state index is 0.185. The molecule has 18 heavy (non-hydrogen) atoms. The van der Waals surface area contributed by atoms with Crippen LogP contribution in [0, 0.1) is 5.82 Å². The highest BCUT2D eigenvalue weighted by Gasteiger charge is 2.09. The van der Waals surface area contributed by atoms with E-state index in [0.717, 1.165) is 31.7 Å². The predicted octanol–water partition coefficient (Wildman–Crippen LogP) is 3.08. The number of aromatic nitrogens is 1. The molecule has 1 rings (SSSR count). The number of nitrogens with zero attached hydrogens (tertiary/aromatic N) is 1. The van der Waals surface area contributed by atoms with E-state index in [-0.39, 0.29) is 18.0 Å². The summed E-state index contributed by atoms with van der Waals surface area (Å²) in [6.45, 7) is 7.80. The fourth-order valence-corrected chi connectivity index (χ4v) is 1.72. The first-order valence-electron chi connectivity index (χ1n) is 6.60. The molecule has 1 atom stereocenters. The Balaban J connectivity index is 2.31. The largest absolute Gasteiger partial charge is 0.379 e. The summed E-state index contributed by atoms with van der Waals surface area (Å²) in [6.07, 6.45) is 3.45. The minimum Gasteiger partial charge on any atom is -0.379 e. The molecule has 0 spiro atoms. The average Bonchev–Trinajstić information content (AvgIpc) is 2.35. The lowest BCUT2D eigenvalue weighted by molar-refractivity contribution is 0.0766. The van der Waals surface area contributed by atoms with E-state index in [9.17, 15) is 4.39 Å². The van der Waals surface area contributed by atoms with Crippen molar-refractivity contribution >= 4 is 0 Å². The van der Waals surface area contributed by atoms with Crippen molar-refractivity contribution < 1.29 is 9.13 Å². The lowest BCUT2D eigenvalue weighted by atomic mass is 10.1. The van der Waals surface area contributed by atoms with Gasteiger partial charge in [0, 0.05) is 12.6 Å². The molecule has 0 amide bonds. The Hall–Kier alpha value is -1.00. The van der Waals surface area contributed by atoms with Gasteiger partial charge in [-0.15, -0.1) is 0 Å². The monoisotopic (exact) mass is 254 g/mol. The van der Waals surface area contributed by atoms with Crippen molar-refractivity contribution in [2.24, 2.45) is 0 Å². The lowest BCUT2D eigenvalue weighted by Gasteiger charge is -2.16. The van der Waals surface area contributed by atoms with Crippen molar-refractivity contribution in [3.63, 3.8) is 0 Å². The standard InChI is InChI=1S/C14H23FN2O/c1-4-13(14-7-6-12(15)10-17-14)16-8-5-9-18-11(2)3/h6-7,10-11,13,16H,4-5,8-9H2,1-3H3. The van der Waals surface area contributed by atoms with Gasteiger partial charge in [-0.2, -0.15) is 0 Å². The zero-order valence-electron chi connectivity index (χ0n) is 11.4. The van der Waals surface area contributed by atoms with Crippen LogP contribution in [0.2, 0.25) is 0 Å². The third-order valence-corrected chi connectivity index (χ3v) is 2.68. The number of nitrogens with one attached hydrogen (secondary N) is 1. The van der Waals surface area contributed by atoms with Gasteiger partial charge >= 0.3 is 0 Å². The summed E-state index contributed by atoms with van der Waals surface area (Å²) in [7, 11) is 0. The molecule has 0 aliphatic rings. The van der Waals surface area contributed by atoms with Gasteiger partial charge in [0.25, 0.3) is 0 Å². The summed E-state index contributed by atoms with van der Waals surface area (Å²) in [5.74, 6) is -0.293. The molecule has 0 radical (unpaired) electrons. The van der Waals surface area contributed by atoms with Crippen LogP contribution >= 0.6 is 0 Å². The van der Waals surface area contributed by atoms with E-state index in [2.05, 4.69) is 17.2 Å². The summed E-state index contributed by atoms with van der Waals surface area (Å²) < 4.78 is 18.3. The van der Waals surface area contributed by atoms with Gasteiger partial charge in [0.15, 0.2) is 0 Å². The molecule has 0 aliphatic heterocycles. The first-order chi connectivity index (χ1) is 8.63. The maximum atomic E-state index is 12.8. The van der Waals surface area contributed by atoms with Crippen LogP contribution in [-0.4, -0.2) is 24.2 Å². The fourth-order valence-electron chi connectivity index (χ4n) is 1.72. The highest BCUT2D eigenvalue weighted by Crippen LogP contribution is 2.13. The Labute approximate surface area is 109 Å². The molecule has 0 aromatic carbocycles. The zero-order chi connectivity index (χ0) is 13.4. The van der Waals surface area contributed by atoms with Gasteiger partial charge < -0.3 is 10.1 Å². The molecule has 0 saturated heterocycles. The predicted molar refractivity (Wildman–Crippen MR) is 70.9 cm³/mol. The summed E-state index contributed by atoms with van der Waals surface area (Å²) in [6, 6.07) is 3.38. The van der Waals surface area contributed by atoms with Crippen molar-refractivity contribution in [3.8, 4) is 0 Å². The van der Waals surface area contributed by atoms with Crippen molar-refractivity contribution in [2.75, 3.05) is 13.2 Å². The quantitative estimate of drug-likeness (QED) is 0.724. The average molecular weight is 254 g/mol. The Morgan fingerprint density at radius 1 is 1.39 bits per heavy atom. The topological polar surface area (TPSA) is 34.1 Å². The molecule has 102 valence electrons. The van der Waals surface area contributed by atoms with Crippen LogP contribution in [-0.2, 0) is 4.74 Å². The van der Waals surface area contributed by atoms with Gasteiger partial charge in [0.1, 0.15) is 5.82 Å². The van der Waals surface area contributed by atoms with E-state index in [1.165, 1.54) is 12.3 Å². The minimum atomic E-state index is -0.293. The fraction of sp³-hybridized carbons (Fsp3) is 0.643. The van der Waals surface area contributed by atoms with E-state index >= 15 is 0 Å². The molecule has 1 heterocycles. The second kappa shape index (κ2) is 8.16. The van der Waals surface area contributed by atoms with Gasteiger partial charge in [-0.25, -0.2) is 4.39 Å². The van der Waals surface area contributed by atoms with Crippen LogP contribution in [0.4, 0.5) is 4.39 Å². The summed E-state index contributed by atoms with van der Waals surface area (Å²) in [5.41, 5.74) is 0.892. The number of rotatable bonds is 8. The Bertz CT molecular complexity index is 327. The van der Waals surface area contributed by atoms with Crippen LogP contribution in [0.15, 0.2) is 18.3 Å². The zero-order valence-corrected chi connectivity index (χ0v) is 11.4. The molecule has 0 saturated carbocycles. The van der Waals surface area contributed by atoms with Crippen molar-refractivity contribution in [3.05, 3.63) is 29.8 Å². The Morgan fingerprint density at radius 3 is 2.72 bits per heavy atom. The van der Waals surface area contributed by atoms with Gasteiger partial charge in [-0.05, 0) is 45.4 Å². The van der Waals surface area contributed by atoms with Crippen molar-refractivity contribution in [2.45, 2.75) is 45.8 Å². The van der Waals surface area contributed by atoms with Crippen LogP contribution in [0.5, 0.6) is 0 Å². The number of hydrogen-bond acceptors (Lipinski definition) is 3. The second-order valence-corrected chi connectivity index (χ2v) is 4.59. The van der Waals surface area contributed by atoms with Crippen molar-refractivity contribution in [1.29, 1.82) is 0 Å². The van der Waals surface area contributed by atoms with E-state index < -0.39 is 0 Å². The molecule has 1 aromatic heterocycles. The third-order valence-electron chi connectivity index (χ3n) is 2.68. The van der Waals surface area contributed by atoms with E-state index in [1.807, 2.05) is 13.8 Å². The molecule has 0 aliphatic carbocycles. The number of hydrogen-bond donors (Lipinski definition) is 1. The smallest absolute Gasteiger partial charge is 0.141 e. The van der Waals surface area contributed by atoms with E-state index in [0.29, 0.717) is 0 Å². The van der Waals surface area contributed by atoms with Gasteiger partial charge in [-0.3, -0.25) is 4.98 Å². The van der Waals surface area contributed by atoms with Crippen LogP contribution in [0.1, 0.15) is 45.3 Å². The van der Waals surface area contributed by atoms with E-state index in [1.54, 1.807) is 6.07 Å². The van der Waals surface area contributed by atoms with Crippen molar-refractivity contribution in [1.82, 2.24) is 10.3 Å². The SMILES string of the molecule is CCC(NCCCOC(C)C)c1ccc(F)cn1. The van der Waals surface area contributed by atoms with Crippen LogP contribution in [0.3, 0.4) is 0 Å². The van der Waals surface area contributed by atoms with Gasteiger partial charge in [0.05, 0.1) is 18.0 Å². The molecule has 4 heteroatoms. The third kappa shape index (κ3) is 5.56. The molecular formula is C14H23FN2O. The van der Waals surface area contributed by atoms with Gasteiger partial charge in [-0.1, -0.05) is 6.92 Å².